The van der Waals surface area contributed by atoms with Gasteiger partial charge in [-0.05, 0) is 31.9 Å². The van der Waals surface area contributed by atoms with E-state index in [-0.39, 0.29) is 0 Å². The lowest BCUT2D eigenvalue weighted by Gasteiger charge is -2.11. The molecule has 0 bridgehead atoms. The molecule has 0 radical (unpaired) electrons. The number of nitrogens with one attached hydrogen (secondary N) is 1. The van der Waals surface area contributed by atoms with Crippen molar-refractivity contribution in [2.75, 3.05) is 11.9 Å². The predicted molar refractivity (Wildman–Crippen MR) is 76.3 cm³/mol. The Morgan fingerprint density at radius 3 is 3.05 bits per heavy atom. The van der Waals surface area contributed by atoms with Crippen LogP contribution in [0.25, 0.3) is 0 Å². The van der Waals surface area contributed by atoms with Crippen molar-refractivity contribution in [3.8, 4) is 0 Å². The van der Waals surface area contributed by atoms with Gasteiger partial charge in [-0.25, -0.2) is 9.97 Å². The van der Waals surface area contributed by atoms with E-state index < -0.39 is 0 Å². The van der Waals surface area contributed by atoms with Gasteiger partial charge in [0.05, 0.1) is 5.69 Å². The molecular weight excluding hydrogens is 236 g/mol. The zero-order valence-corrected chi connectivity index (χ0v) is 11.4. The summed E-state index contributed by atoms with van der Waals surface area (Å²) in [6.45, 7) is 4.02. The van der Waals surface area contributed by atoms with Crippen molar-refractivity contribution in [1.29, 1.82) is 0 Å². The Hall–Kier alpha value is -1.84. The van der Waals surface area contributed by atoms with Gasteiger partial charge in [-0.1, -0.05) is 6.07 Å². The number of imidazole rings is 1. The third-order valence-corrected chi connectivity index (χ3v) is 3.53. The molecule has 0 unspecified atom stereocenters. The summed E-state index contributed by atoms with van der Waals surface area (Å²) in [4.78, 5) is 9.13. The van der Waals surface area contributed by atoms with E-state index in [9.17, 15) is 0 Å². The molecule has 1 aliphatic rings. The van der Waals surface area contributed by atoms with Gasteiger partial charge in [0.1, 0.15) is 11.6 Å². The van der Waals surface area contributed by atoms with Crippen LogP contribution in [0.3, 0.4) is 0 Å². The second-order valence-corrected chi connectivity index (χ2v) is 5.14. The molecule has 3 heterocycles. The van der Waals surface area contributed by atoms with E-state index in [0.29, 0.717) is 0 Å². The molecule has 0 atom stereocenters. The number of pyridine rings is 1. The standard InChI is InChI=1S/C15H20N4/c1-12-5-4-6-14(17-12)16-9-8-13-11-19-10-3-2-7-15(19)18-13/h4-6,11H,2-3,7-10H2,1H3,(H,16,17). The maximum absolute atomic E-state index is 4.70. The van der Waals surface area contributed by atoms with Crippen LogP contribution in [0.2, 0.25) is 0 Å². The number of fused-ring (bicyclic) bond motifs is 1. The molecule has 4 heteroatoms. The highest BCUT2D eigenvalue weighted by Crippen LogP contribution is 2.14. The zero-order valence-electron chi connectivity index (χ0n) is 11.4. The van der Waals surface area contributed by atoms with Gasteiger partial charge < -0.3 is 9.88 Å². The molecular formula is C15H20N4. The SMILES string of the molecule is Cc1cccc(NCCc2cn3c(n2)CCCC3)n1. The molecule has 1 aliphatic heterocycles. The van der Waals surface area contributed by atoms with Crippen LogP contribution in [0, 0.1) is 6.92 Å². The van der Waals surface area contributed by atoms with Gasteiger partial charge in [0, 0.05) is 37.8 Å². The number of hydrogen-bond donors (Lipinski definition) is 1. The zero-order chi connectivity index (χ0) is 13.1. The van der Waals surface area contributed by atoms with Crippen LogP contribution in [0.1, 0.15) is 30.1 Å². The molecule has 1 N–H and O–H groups in total. The molecule has 100 valence electrons. The minimum Gasteiger partial charge on any atom is -0.370 e. The van der Waals surface area contributed by atoms with E-state index >= 15 is 0 Å². The third kappa shape index (κ3) is 2.95. The predicted octanol–water partition coefficient (Wildman–Crippen LogP) is 2.58. The second kappa shape index (κ2) is 5.43. The first-order valence-corrected chi connectivity index (χ1v) is 7.04. The Morgan fingerprint density at radius 1 is 1.26 bits per heavy atom. The van der Waals surface area contributed by atoms with Gasteiger partial charge >= 0.3 is 0 Å². The van der Waals surface area contributed by atoms with Crippen LogP contribution in [0.4, 0.5) is 5.82 Å². The first-order valence-electron chi connectivity index (χ1n) is 7.04. The summed E-state index contributed by atoms with van der Waals surface area (Å²) in [6.07, 6.45) is 6.86. The maximum atomic E-state index is 4.70. The second-order valence-electron chi connectivity index (χ2n) is 5.14. The summed E-state index contributed by atoms with van der Waals surface area (Å²) in [7, 11) is 0. The van der Waals surface area contributed by atoms with Crippen LogP contribution in [0.15, 0.2) is 24.4 Å². The van der Waals surface area contributed by atoms with E-state index in [1.165, 1.54) is 24.4 Å². The molecule has 0 aromatic carbocycles. The Kier molecular flexibility index (Phi) is 3.49. The average molecular weight is 256 g/mol. The minimum atomic E-state index is 0.882. The highest BCUT2D eigenvalue weighted by atomic mass is 15.1. The molecule has 0 fully saturated rings. The summed E-state index contributed by atoms with van der Waals surface area (Å²) in [5.41, 5.74) is 2.24. The lowest BCUT2D eigenvalue weighted by Crippen LogP contribution is -2.08. The highest BCUT2D eigenvalue weighted by Gasteiger charge is 2.11. The number of aromatic nitrogens is 3. The third-order valence-electron chi connectivity index (χ3n) is 3.53. The Bertz CT molecular complexity index is 536. The molecule has 4 nitrogen and oxygen atoms in total. The Balaban J connectivity index is 1.56. The Labute approximate surface area is 113 Å². The van der Waals surface area contributed by atoms with Gasteiger partial charge in [-0.15, -0.1) is 0 Å². The van der Waals surface area contributed by atoms with Crippen LogP contribution in [0.5, 0.6) is 0 Å². The van der Waals surface area contributed by atoms with Crippen LogP contribution in [-0.4, -0.2) is 21.1 Å². The largest absolute Gasteiger partial charge is 0.370 e. The van der Waals surface area contributed by atoms with Crippen molar-refractivity contribution >= 4 is 5.82 Å². The molecule has 0 spiro atoms. The molecule has 0 amide bonds. The van der Waals surface area contributed by atoms with Crippen molar-refractivity contribution < 1.29 is 0 Å². The number of anilines is 1. The first-order chi connectivity index (χ1) is 9.31. The van der Waals surface area contributed by atoms with Gasteiger partial charge in [0.2, 0.25) is 0 Å². The summed E-state index contributed by atoms with van der Waals surface area (Å²) in [6, 6.07) is 6.04. The molecule has 0 saturated heterocycles. The lowest BCUT2D eigenvalue weighted by atomic mass is 10.2. The molecule has 0 saturated carbocycles. The van der Waals surface area contributed by atoms with E-state index in [0.717, 1.165) is 37.4 Å². The van der Waals surface area contributed by atoms with Crippen LogP contribution >= 0.6 is 0 Å². The first kappa shape index (κ1) is 12.2. The fraction of sp³-hybridized carbons (Fsp3) is 0.467. The molecule has 2 aromatic rings. The van der Waals surface area contributed by atoms with Gasteiger partial charge in [0.15, 0.2) is 0 Å². The van der Waals surface area contributed by atoms with Gasteiger partial charge in [-0.2, -0.15) is 0 Å². The average Bonchev–Trinajstić information content (AvgIpc) is 2.81. The molecule has 19 heavy (non-hydrogen) atoms. The normalized spacial score (nSPS) is 14.2. The molecule has 3 rings (SSSR count). The Morgan fingerprint density at radius 2 is 2.21 bits per heavy atom. The number of hydrogen-bond acceptors (Lipinski definition) is 3. The van der Waals surface area contributed by atoms with Crippen molar-refractivity contribution in [3.05, 3.63) is 41.6 Å². The van der Waals surface area contributed by atoms with E-state index in [4.69, 9.17) is 4.98 Å². The van der Waals surface area contributed by atoms with Crippen molar-refractivity contribution in [3.63, 3.8) is 0 Å². The highest BCUT2D eigenvalue weighted by molar-refractivity contribution is 5.35. The maximum Gasteiger partial charge on any atom is 0.126 e. The van der Waals surface area contributed by atoms with Crippen LogP contribution in [-0.2, 0) is 19.4 Å². The fourth-order valence-electron chi connectivity index (χ4n) is 2.55. The monoisotopic (exact) mass is 256 g/mol. The van der Waals surface area contributed by atoms with Crippen molar-refractivity contribution in [1.82, 2.24) is 14.5 Å². The van der Waals surface area contributed by atoms with E-state index in [2.05, 4.69) is 21.1 Å². The number of rotatable bonds is 4. The summed E-state index contributed by atoms with van der Waals surface area (Å²) in [5.74, 6) is 2.21. The number of aryl methyl sites for hydroxylation is 3. The van der Waals surface area contributed by atoms with Crippen LogP contribution < -0.4 is 5.32 Å². The van der Waals surface area contributed by atoms with Crippen molar-refractivity contribution in [2.45, 2.75) is 39.2 Å². The lowest BCUT2D eigenvalue weighted by molar-refractivity contribution is 0.522. The summed E-state index contributed by atoms with van der Waals surface area (Å²) in [5, 5.41) is 3.35. The van der Waals surface area contributed by atoms with Crippen molar-refractivity contribution in [2.24, 2.45) is 0 Å². The molecule has 0 aliphatic carbocycles. The smallest absolute Gasteiger partial charge is 0.126 e. The quantitative estimate of drug-likeness (QED) is 0.914. The van der Waals surface area contributed by atoms with E-state index in [1.807, 2.05) is 25.1 Å². The molecule has 2 aromatic heterocycles. The van der Waals surface area contributed by atoms with Gasteiger partial charge in [0.25, 0.3) is 0 Å². The number of nitrogens with zero attached hydrogens (tertiary/aromatic N) is 3. The van der Waals surface area contributed by atoms with Gasteiger partial charge in [-0.3, -0.25) is 0 Å². The topological polar surface area (TPSA) is 42.7 Å². The minimum absolute atomic E-state index is 0.882. The summed E-state index contributed by atoms with van der Waals surface area (Å²) < 4.78 is 2.31. The summed E-state index contributed by atoms with van der Waals surface area (Å²) >= 11 is 0. The fourth-order valence-corrected chi connectivity index (χ4v) is 2.55. The van der Waals surface area contributed by atoms with E-state index in [1.54, 1.807) is 0 Å².